The van der Waals surface area contributed by atoms with Crippen LogP contribution in [0.25, 0.3) is 5.69 Å². The van der Waals surface area contributed by atoms with E-state index in [4.69, 9.17) is 4.74 Å². The van der Waals surface area contributed by atoms with Crippen LogP contribution in [0.4, 0.5) is 20.6 Å². The van der Waals surface area contributed by atoms with Gasteiger partial charge in [0, 0.05) is 12.2 Å². The van der Waals surface area contributed by atoms with Crippen LogP contribution in [0.1, 0.15) is 38.1 Å². The number of carbonyl (C=O) groups is 2. The highest BCUT2D eigenvalue weighted by Crippen LogP contribution is 2.42. The van der Waals surface area contributed by atoms with Crippen molar-refractivity contribution in [3.8, 4) is 11.4 Å². The summed E-state index contributed by atoms with van der Waals surface area (Å²) < 4.78 is 21.5. The Labute approximate surface area is 227 Å². The molecule has 0 bridgehead atoms. The van der Waals surface area contributed by atoms with E-state index in [9.17, 15) is 14.0 Å². The van der Waals surface area contributed by atoms with Crippen molar-refractivity contribution in [1.29, 1.82) is 0 Å². The van der Waals surface area contributed by atoms with Crippen molar-refractivity contribution in [2.75, 3.05) is 23.4 Å². The maximum absolute atomic E-state index is 14.2. The molecule has 1 atom stereocenters. The van der Waals surface area contributed by atoms with E-state index in [-0.39, 0.29) is 24.3 Å². The van der Waals surface area contributed by atoms with Crippen molar-refractivity contribution >= 4 is 23.3 Å². The number of ether oxygens (including phenoxy) is 1. The second-order valence-electron chi connectivity index (χ2n) is 9.59. The Hall–Kier alpha value is -4.59. The molecular weight excluding hydrogens is 495 g/mol. The quantitative estimate of drug-likeness (QED) is 0.303. The van der Waals surface area contributed by atoms with E-state index < -0.39 is 12.1 Å². The van der Waals surface area contributed by atoms with Crippen LogP contribution in [0, 0.1) is 5.82 Å². The van der Waals surface area contributed by atoms with E-state index in [0.29, 0.717) is 23.7 Å². The first-order chi connectivity index (χ1) is 18.9. The van der Waals surface area contributed by atoms with E-state index in [1.165, 1.54) is 17.0 Å². The molecule has 4 aromatic rings. The SMILES string of the molecule is CCOc1ccccc1NC(=O)N(CC(=O)N1c2ccccc2-n2cccc2C1c1ccc(F)cc1)C(C)C. The first-order valence-corrected chi connectivity index (χ1v) is 13.0. The van der Waals surface area contributed by atoms with Gasteiger partial charge < -0.3 is 19.5 Å². The zero-order valence-corrected chi connectivity index (χ0v) is 22.2. The molecule has 0 spiro atoms. The zero-order chi connectivity index (χ0) is 27.5. The summed E-state index contributed by atoms with van der Waals surface area (Å²) in [6, 6.07) is 23.8. The molecule has 7 nitrogen and oxygen atoms in total. The van der Waals surface area contributed by atoms with Crippen LogP contribution < -0.4 is 15.0 Å². The lowest BCUT2D eigenvalue weighted by Crippen LogP contribution is -2.49. The van der Waals surface area contributed by atoms with E-state index in [2.05, 4.69) is 5.32 Å². The number of aromatic nitrogens is 1. The molecule has 0 aliphatic carbocycles. The summed E-state index contributed by atoms with van der Waals surface area (Å²) in [5, 5.41) is 2.91. The van der Waals surface area contributed by atoms with Crippen molar-refractivity contribution in [3.05, 3.63) is 108 Å². The van der Waals surface area contributed by atoms with E-state index in [0.717, 1.165) is 16.9 Å². The van der Waals surface area contributed by atoms with Gasteiger partial charge in [-0.2, -0.15) is 0 Å². The first-order valence-electron chi connectivity index (χ1n) is 13.0. The fourth-order valence-electron chi connectivity index (χ4n) is 4.97. The number of para-hydroxylation sites is 4. The van der Waals surface area contributed by atoms with E-state index >= 15 is 0 Å². The Balaban J connectivity index is 1.50. The Morgan fingerprint density at radius 3 is 2.36 bits per heavy atom. The summed E-state index contributed by atoms with van der Waals surface area (Å²) in [6.45, 7) is 5.91. The molecule has 1 N–H and O–H groups in total. The number of hydrogen-bond donors (Lipinski definition) is 1. The van der Waals surface area contributed by atoms with Gasteiger partial charge in [0.2, 0.25) is 5.91 Å². The normalized spacial score (nSPS) is 14.0. The molecule has 8 heteroatoms. The lowest BCUT2D eigenvalue weighted by Gasteiger charge is -2.40. The van der Waals surface area contributed by atoms with Crippen LogP contribution in [0.3, 0.4) is 0 Å². The number of urea groups is 1. The van der Waals surface area contributed by atoms with Gasteiger partial charge in [0.1, 0.15) is 24.2 Å². The summed E-state index contributed by atoms with van der Waals surface area (Å²) in [5.41, 5.74) is 3.75. The second kappa shape index (κ2) is 11.0. The number of nitrogens with one attached hydrogen (secondary N) is 1. The Bertz CT molecular complexity index is 1480. The van der Waals surface area contributed by atoms with Crippen molar-refractivity contribution in [1.82, 2.24) is 9.47 Å². The molecular formula is C31H31FN4O3. The highest BCUT2D eigenvalue weighted by molar-refractivity contribution is 6.01. The van der Waals surface area contributed by atoms with E-state index in [1.807, 2.05) is 80.1 Å². The molecule has 3 amide bonds. The van der Waals surface area contributed by atoms with Crippen molar-refractivity contribution in [3.63, 3.8) is 0 Å². The lowest BCUT2D eigenvalue weighted by molar-refractivity contribution is -0.119. The number of anilines is 2. The minimum atomic E-state index is -0.501. The number of amides is 3. The molecule has 5 rings (SSSR count). The lowest BCUT2D eigenvalue weighted by atomic mass is 9.97. The largest absolute Gasteiger partial charge is 0.492 e. The number of benzene rings is 3. The highest BCUT2D eigenvalue weighted by atomic mass is 19.1. The van der Waals surface area contributed by atoms with Gasteiger partial charge in [0.05, 0.1) is 29.4 Å². The zero-order valence-electron chi connectivity index (χ0n) is 22.2. The monoisotopic (exact) mass is 526 g/mol. The van der Waals surface area contributed by atoms with Gasteiger partial charge in [-0.05, 0) is 74.9 Å². The summed E-state index contributed by atoms with van der Waals surface area (Å²) in [4.78, 5) is 30.9. The van der Waals surface area contributed by atoms with Crippen LogP contribution in [0.5, 0.6) is 5.75 Å². The highest BCUT2D eigenvalue weighted by Gasteiger charge is 2.37. The van der Waals surface area contributed by atoms with Gasteiger partial charge in [-0.1, -0.05) is 36.4 Å². The molecule has 1 aliphatic heterocycles. The van der Waals surface area contributed by atoms with Crippen LogP contribution in [0.15, 0.2) is 91.1 Å². The molecule has 1 aliphatic rings. The molecule has 1 unspecified atom stereocenters. The molecule has 0 saturated heterocycles. The fraction of sp³-hybridized carbons (Fsp3) is 0.226. The molecule has 39 heavy (non-hydrogen) atoms. The third-order valence-electron chi connectivity index (χ3n) is 6.79. The van der Waals surface area contributed by atoms with Crippen molar-refractivity contribution in [2.45, 2.75) is 32.9 Å². The predicted octanol–water partition coefficient (Wildman–Crippen LogP) is 6.39. The maximum Gasteiger partial charge on any atom is 0.322 e. The number of hydrogen-bond acceptors (Lipinski definition) is 3. The van der Waals surface area contributed by atoms with E-state index in [1.54, 1.807) is 29.2 Å². The number of fused-ring (bicyclic) bond motifs is 3. The number of nitrogens with zero attached hydrogens (tertiary/aromatic N) is 3. The van der Waals surface area contributed by atoms with Gasteiger partial charge in [-0.25, -0.2) is 9.18 Å². The summed E-state index contributed by atoms with van der Waals surface area (Å²) in [7, 11) is 0. The Kier molecular flexibility index (Phi) is 7.36. The summed E-state index contributed by atoms with van der Waals surface area (Å²) in [5.74, 6) is -0.0464. The maximum atomic E-state index is 14.2. The fourth-order valence-corrected chi connectivity index (χ4v) is 4.97. The van der Waals surface area contributed by atoms with Gasteiger partial charge in [-0.15, -0.1) is 0 Å². The third kappa shape index (κ3) is 5.10. The van der Waals surface area contributed by atoms with Crippen LogP contribution >= 0.6 is 0 Å². The molecule has 0 radical (unpaired) electrons. The first kappa shape index (κ1) is 26.0. The minimum Gasteiger partial charge on any atom is -0.492 e. The standard InChI is InChI=1S/C31H31FN4O3/c1-4-39-28-14-8-5-10-24(28)33-31(38)35(21(2)3)20-29(37)36-26-12-7-6-11-25(26)34-19-9-13-27(34)30(36)22-15-17-23(32)18-16-22/h5-19,21,30H,4,20H2,1-3H3,(H,33,38). The number of halogens is 1. The Morgan fingerprint density at radius 2 is 1.64 bits per heavy atom. The van der Waals surface area contributed by atoms with Crippen LogP contribution in [-0.4, -0.2) is 40.6 Å². The molecule has 1 aromatic heterocycles. The van der Waals surface area contributed by atoms with Gasteiger partial charge in [0.15, 0.2) is 0 Å². The van der Waals surface area contributed by atoms with Crippen LogP contribution in [-0.2, 0) is 4.79 Å². The molecule has 2 heterocycles. The second-order valence-corrected chi connectivity index (χ2v) is 9.59. The van der Waals surface area contributed by atoms with Crippen molar-refractivity contribution in [2.24, 2.45) is 0 Å². The average molecular weight is 527 g/mol. The molecule has 0 saturated carbocycles. The number of carbonyl (C=O) groups excluding carboxylic acids is 2. The van der Waals surface area contributed by atoms with Gasteiger partial charge in [-0.3, -0.25) is 9.69 Å². The number of rotatable bonds is 7. The van der Waals surface area contributed by atoms with Crippen LogP contribution in [0.2, 0.25) is 0 Å². The topological polar surface area (TPSA) is 66.8 Å². The smallest absolute Gasteiger partial charge is 0.322 e. The predicted molar refractivity (Wildman–Crippen MR) is 150 cm³/mol. The van der Waals surface area contributed by atoms with Gasteiger partial charge >= 0.3 is 6.03 Å². The molecule has 0 fully saturated rings. The Morgan fingerprint density at radius 1 is 0.949 bits per heavy atom. The summed E-state index contributed by atoms with van der Waals surface area (Å²) >= 11 is 0. The average Bonchev–Trinajstić information content (AvgIpc) is 3.42. The molecule has 3 aromatic carbocycles. The third-order valence-corrected chi connectivity index (χ3v) is 6.79. The molecule has 200 valence electrons. The summed E-state index contributed by atoms with van der Waals surface area (Å²) in [6.07, 6.45) is 1.95. The van der Waals surface area contributed by atoms with Gasteiger partial charge in [0.25, 0.3) is 0 Å². The minimum absolute atomic E-state index is 0.160. The van der Waals surface area contributed by atoms with Crippen molar-refractivity contribution < 1.29 is 18.7 Å².